The maximum Gasteiger partial charge on any atom is 0.303 e. The lowest BCUT2D eigenvalue weighted by atomic mass is 10.1. The van der Waals surface area contributed by atoms with Crippen LogP contribution in [0.25, 0.3) is 0 Å². The summed E-state index contributed by atoms with van der Waals surface area (Å²) < 4.78 is 0. The van der Waals surface area contributed by atoms with Gasteiger partial charge in [-0.1, -0.05) is 23.7 Å². The van der Waals surface area contributed by atoms with E-state index in [0.29, 0.717) is 23.6 Å². The van der Waals surface area contributed by atoms with Crippen molar-refractivity contribution in [1.29, 1.82) is 0 Å². The summed E-state index contributed by atoms with van der Waals surface area (Å²) in [6.45, 7) is 4.21. The van der Waals surface area contributed by atoms with Crippen LogP contribution in [0.1, 0.15) is 37.0 Å². The molecule has 0 aromatic heterocycles. The SMILES string of the molecule is CC(C)N(CCCC(=O)O)C(=O)c1ccccc1Cl. The topological polar surface area (TPSA) is 57.6 Å². The maximum absolute atomic E-state index is 12.4. The fourth-order valence-corrected chi connectivity index (χ4v) is 2.00. The van der Waals surface area contributed by atoms with Crippen LogP contribution < -0.4 is 0 Å². The summed E-state index contributed by atoms with van der Waals surface area (Å²) in [5, 5.41) is 9.05. The van der Waals surface area contributed by atoms with E-state index in [0.717, 1.165) is 0 Å². The van der Waals surface area contributed by atoms with Gasteiger partial charge in [0, 0.05) is 19.0 Å². The molecule has 0 bridgehead atoms. The lowest BCUT2D eigenvalue weighted by Gasteiger charge is -2.27. The van der Waals surface area contributed by atoms with Crippen molar-refractivity contribution in [3.8, 4) is 0 Å². The second kappa shape index (κ2) is 7.14. The minimum Gasteiger partial charge on any atom is -0.481 e. The van der Waals surface area contributed by atoms with Gasteiger partial charge in [-0.3, -0.25) is 9.59 Å². The first-order chi connectivity index (χ1) is 8.93. The molecular weight excluding hydrogens is 266 g/mol. The number of carbonyl (C=O) groups is 2. The van der Waals surface area contributed by atoms with Gasteiger partial charge in [-0.2, -0.15) is 0 Å². The van der Waals surface area contributed by atoms with Crippen LogP contribution >= 0.6 is 11.6 Å². The van der Waals surface area contributed by atoms with Gasteiger partial charge in [0.15, 0.2) is 0 Å². The highest BCUT2D eigenvalue weighted by atomic mass is 35.5. The van der Waals surface area contributed by atoms with Crippen molar-refractivity contribution < 1.29 is 14.7 Å². The molecule has 19 heavy (non-hydrogen) atoms. The lowest BCUT2D eigenvalue weighted by molar-refractivity contribution is -0.137. The number of carboxylic acids is 1. The average Bonchev–Trinajstić information content (AvgIpc) is 2.33. The highest BCUT2D eigenvalue weighted by molar-refractivity contribution is 6.33. The minimum absolute atomic E-state index is 0.00225. The predicted octanol–water partition coefficient (Wildman–Crippen LogP) is 3.06. The van der Waals surface area contributed by atoms with Gasteiger partial charge >= 0.3 is 5.97 Å². The van der Waals surface area contributed by atoms with Gasteiger partial charge in [0.25, 0.3) is 5.91 Å². The maximum atomic E-state index is 12.4. The van der Waals surface area contributed by atoms with Crippen molar-refractivity contribution in [2.75, 3.05) is 6.54 Å². The zero-order valence-corrected chi connectivity index (χ0v) is 11.9. The Morgan fingerprint density at radius 2 is 1.95 bits per heavy atom. The summed E-state index contributed by atoms with van der Waals surface area (Å²) >= 11 is 6.01. The molecule has 1 rings (SSSR count). The van der Waals surface area contributed by atoms with Crippen LogP contribution in [0, 0.1) is 0 Å². The van der Waals surface area contributed by atoms with E-state index in [1.165, 1.54) is 0 Å². The van der Waals surface area contributed by atoms with Gasteiger partial charge in [-0.25, -0.2) is 0 Å². The zero-order chi connectivity index (χ0) is 14.4. The summed E-state index contributed by atoms with van der Waals surface area (Å²) in [5.74, 6) is -1.01. The fourth-order valence-electron chi connectivity index (χ4n) is 1.78. The Labute approximate surface area is 118 Å². The summed E-state index contributed by atoms with van der Waals surface area (Å²) in [5.41, 5.74) is 0.452. The number of rotatable bonds is 6. The Morgan fingerprint density at radius 3 is 2.47 bits per heavy atom. The molecule has 0 aliphatic heterocycles. The smallest absolute Gasteiger partial charge is 0.303 e. The number of carbonyl (C=O) groups excluding carboxylic acids is 1. The first-order valence-electron chi connectivity index (χ1n) is 6.20. The average molecular weight is 284 g/mol. The fraction of sp³-hybridized carbons (Fsp3) is 0.429. The van der Waals surface area contributed by atoms with Crippen molar-refractivity contribution in [3.63, 3.8) is 0 Å². The van der Waals surface area contributed by atoms with E-state index < -0.39 is 5.97 Å². The molecule has 104 valence electrons. The van der Waals surface area contributed by atoms with Crippen molar-refractivity contribution in [2.24, 2.45) is 0 Å². The first kappa shape index (κ1) is 15.5. The van der Waals surface area contributed by atoms with Gasteiger partial charge in [0.05, 0.1) is 10.6 Å². The molecule has 0 aliphatic rings. The number of halogens is 1. The second-order valence-electron chi connectivity index (χ2n) is 4.57. The molecule has 0 aliphatic carbocycles. The van der Waals surface area contributed by atoms with Crippen molar-refractivity contribution in [1.82, 2.24) is 4.90 Å². The number of hydrogen-bond donors (Lipinski definition) is 1. The van der Waals surface area contributed by atoms with Gasteiger partial charge in [-0.05, 0) is 32.4 Å². The summed E-state index contributed by atoms with van der Waals surface area (Å²) in [6.07, 6.45) is 0.489. The highest BCUT2D eigenvalue weighted by Gasteiger charge is 2.20. The Balaban J connectivity index is 2.79. The normalized spacial score (nSPS) is 10.5. The van der Waals surface area contributed by atoms with E-state index in [1.807, 2.05) is 13.8 Å². The number of carboxylic acid groups (broad SMARTS) is 1. The summed E-state index contributed by atoms with van der Waals surface area (Å²) in [7, 11) is 0. The van der Waals surface area contributed by atoms with Crippen LogP contribution in [-0.2, 0) is 4.79 Å². The largest absolute Gasteiger partial charge is 0.481 e. The molecule has 1 N–H and O–H groups in total. The van der Waals surface area contributed by atoms with E-state index in [2.05, 4.69) is 0 Å². The highest BCUT2D eigenvalue weighted by Crippen LogP contribution is 2.18. The van der Waals surface area contributed by atoms with Gasteiger partial charge in [0.1, 0.15) is 0 Å². The van der Waals surface area contributed by atoms with Crippen LogP contribution in [-0.4, -0.2) is 34.5 Å². The van der Waals surface area contributed by atoms with Crippen molar-refractivity contribution in [3.05, 3.63) is 34.9 Å². The molecule has 0 unspecified atom stereocenters. The van der Waals surface area contributed by atoms with Crippen molar-refractivity contribution in [2.45, 2.75) is 32.7 Å². The molecule has 4 nitrogen and oxygen atoms in total. The van der Waals surface area contributed by atoms with Gasteiger partial charge in [-0.15, -0.1) is 0 Å². The standard InChI is InChI=1S/C14H18ClNO3/c1-10(2)16(9-5-8-13(17)18)14(19)11-6-3-4-7-12(11)15/h3-4,6-7,10H,5,8-9H2,1-2H3,(H,17,18). The van der Waals surface area contributed by atoms with Crippen LogP contribution in [0.3, 0.4) is 0 Å². The van der Waals surface area contributed by atoms with Gasteiger partial charge < -0.3 is 10.0 Å². The summed E-state index contributed by atoms with van der Waals surface area (Å²) in [6, 6.07) is 6.87. The number of hydrogen-bond acceptors (Lipinski definition) is 2. The third-order valence-electron chi connectivity index (χ3n) is 2.78. The molecule has 0 atom stereocenters. The van der Waals surface area contributed by atoms with E-state index in [4.69, 9.17) is 16.7 Å². The van der Waals surface area contributed by atoms with Crippen LogP contribution in [0.2, 0.25) is 5.02 Å². The van der Waals surface area contributed by atoms with Gasteiger partial charge in [0.2, 0.25) is 0 Å². The molecule has 0 heterocycles. The molecule has 0 saturated heterocycles. The molecule has 1 amide bonds. The molecule has 0 spiro atoms. The van der Waals surface area contributed by atoms with E-state index in [-0.39, 0.29) is 18.4 Å². The van der Waals surface area contributed by atoms with Crippen LogP contribution in [0.4, 0.5) is 0 Å². The molecule has 1 aromatic rings. The quantitative estimate of drug-likeness (QED) is 0.873. The second-order valence-corrected chi connectivity index (χ2v) is 4.98. The number of nitrogens with zero attached hydrogens (tertiary/aromatic N) is 1. The van der Waals surface area contributed by atoms with E-state index in [1.54, 1.807) is 29.2 Å². The molecule has 0 radical (unpaired) electrons. The van der Waals surface area contributed by atoms with Crippen molar-refractivity contribution >= 4 is 23.5 Å². The Kier molecular flexibility index (Phi) is 5.83. The zero-order valence-electron chi connectivity index (χ0n) is 11.1. The van der Waals surface area contributed by atoms with Crippen LogP contribution in [0.15, 0.2) is 24.3 Å². The van der Waals surface area contributed by atoms with Crippen LogP contribution in [0.5, 0.6) is 0 Å². The Morgan fingerprint density at radius 1 is 1.32 bits per heavy atom. The molecule has 0 saturated carbocycles. The number of benzene rings is 1. The number of amides is 1. The third-order valence-corrected chi connectivity index (χ3v) is 3.11. The minimum atomic E-state index is -0.853. The summed E-state index contributed by atoms with van der Waals surface area (Å²) in [4.78, 5) is 24.5. The molecule has 0 fully saturated rings. The Bertz CT molecular complexity index is 460. The molecular formula is C14H18ClNO3. The van der Waals surface area contributed by atoms with E-state index in [9.17, 15) is 9.59 Å². The monoisotopic (exact) mass is 283 g/mol. The molecule has 1 aromatic carbocycles. The first-order valence-corrected chi connectivity index (χ1v) is 6.58. The molecule has 5 heteroatoms. The lowest BCUT2D eigenvalue weighted by Crippen LogP contribution is -2.38. The van der Waals surface area contributed by atoms with E-state index >= 15 is 0 Å². The number of aliphatic carboxylic acids is 1. The Hall–Kier alpha value is -1.55. The third kappa shape index (κ3) is 4.56. The predicted molar refractivity (Wildman–Crippen MR) is 74.5 cm³/mol.